The predicted molar refractivity (Wildman–Crippen MR) is 98.0 cm³/mol. The third-order valence-corrected chi connectivity index (χ3v) is 4.78. The molecule has 0 radical (unpaired) electrons. The van der Waals surface area contributed by atoms with Crippen molar-refractivity contribution in [3.05, 3.63) is 60.0 Å². The molecule has 4 rings (SSSR count). The summed E-state index contributed by atoms with van der Waals surface area (Å²) in [6, 6.07) is 11.2. The number of carbonyl (C=O) groups excluding carboxylic acids is 1. The lowest BCUT2D eigenvalue weighted by Gasteiger charge is -2.21. The average Bonchev–Trinajstić information content (AvgIpc) is 3.29. The lowest BCUT2D eigenvalue weighted by atomic mass is 10.1. The van der Waals surface area contributed by atoms with Crippen LogP contribution in [0.15, 0.2) is 48.7 Å². The van der Waals surface area contributed by atoms with Gasteiger partial charge in [0.05, 0.1) is 11.7 Å². The van der Waals surface area contributed by atoms with Crippen molar-refractivity contribution in [2.45, 2.75) is 18.5 Å². The Morgan fingerprint density at radius 3 is 3.08 bits per heavy atom. The lowest BCUT2D eigenvalue weighted by molar-refractivity contribution is -0.131. The maximum absolute atomic E-state index is 13.4. The topological polar surface area (TPSA) is 87.0 Å². The Morgan fingerprint density at radius 2 is 2.23 bits per heavy atom. The first kappa shape index (κ1) is 16.5. The van der Waals surface area contributed by atoms with Crippen LogP contribution in [0, 0.1) is 5.82 Å². The number of amides is 1. The summed E-state index contributed by atoms with van der Waals surface area (Å²) in [6.45, 7) is 1.21. The number of likely N-dealkylation sites (tertiary alicyclic amines) is 1. The van der Waals surface area contributed by atoms with Crippen LogP contribution in [-0.2, 0) is 4.79 Å². The average molecular weight is 353 g/mol. The molecule has 2 unspecified atom stereocenters. The number of nitrogens with one attached hydrogen (secondary N) is 2. The maximum atomic E-state index is 13.4. The molecule has 1 amide bonds. The second kappa shape index (κ2) is 6.76. The van der Waals surface area contributed by atoms with Crippen LogP contribution in [0.25, 0.3) is 10.9 Å². The first-order valence-corrected chi connectivity index (χ1v) is 8.59. The zero-order chi connectivity index (χ0) is 18.1. The summed E-state index contributed by atoms with van der Waals surface area (Å²) in [7, 11) is 0. The van der Waals surface area contributed by atoms with Crippen LogP contribution in [0.5, 0.6) is 0 Å². The summed E-state index contributed by atoms with van der Waals surface area (Å²) in [4.78, 5) is 14.4. The van der Waals surface area contributed by atoms with E-state index >= 15 is 0 Å². The van der Waals surface area contributed by atoms with E-state index in [1.807, 2.05) is 18.2 Å². The summed E-state index contributed by atoms with van der Waals surface area (Å²) in [5.41, 5.74) is 8.52. The molecule has 0 aliphatic carbocycles. The molecule has 26 heavy (non-hydrogen) atoms. The van der Waals surface area contributed by atoms with Gasteiger partial charge < -0.3 is 16.0 Å². The number of benzene rings is 2. The Hall–Kier alpha value is -2.93. The highest BCUT2D eigenvalue weighted by molar-refractivity contribution is 5.84. The molecule has 0 spiro atoms. The Kier molecular flexibility index (Phi) is 4.30. The van der Waals surface area contributed by atoms with E-state index < -0.39 is 6.04 Å². The van der Waals surface area contributed by atoms with E-state index in [0.29, 0.717) is 18.7 Å². The maximum Gasteiger partial charge on any atom is 0.244 e. The van der Waals surface area contributed by atoms with Crippen LogP contribution in [0.2, 0.25) is 0 Å². The van der Waals surface area contributed by atoms with Crippen molar-refractivity contribution in [2.75, 3.05) is 18.4 Å². The van der Waals surface area contributed by atoms with Crippen molar-refractivity contribution >= 4 is 22.5 Å². The van der Waals surface area contributed by atoms with Crippen molar-refractivity contribution in [1.29, 1.82) is 0 Å². The van der Waals surface area contributed by atoms with Crippen LogP contribution in [0.1, 0.15) is 18.0 Å². The Morgan fingerprint density at radius 1 is 1.35 bits per heavy atom. The predicted octanol–water partition coefficient (Wildman–Crippen LogP) is 2.41. The molecule has 2 aromatic carbocycles. The minimum absolute atomic E-state index is 0.156. The van der Waals surface area contributed by atoms with E-state index in [4.69, 9.17) is 5.73 Å². The van der Waals surface area contributed by atoms with Gasteiger partial charge in [0.2, 0.25) is 5.91 Å². The van der Waals surface area contributed by atoms with Gasteiger partial charge in [0.1, 0.15) is 11.9 Å². The van der Waals surface area contributed by atoms with Crippen molar-refractivity contribution in [3.8, 4) is 0 Å². The van der Waals surface area contributed by atoms with Gasteiger partial charge in [0, 0.05) is 30.2 Å². The summed E-state index contributed by atoms with van der Waals surface area (Å²) in [5, 5.41) is 11.4. The van der Waals surface area contributed by atoms with Gasteiger partial charge in [0.25, 0.3) is 0 Å². The number of fused-ring (bicyclic) bond motifs is 1. The molecule has 1 aliphatic heterocycles. The van der Waals surface area contributed by atoms with Crippen LogP contribution in [0.3, 0.4) is 0 Å². The molecule has 4 N–H and O–H groups in total. The quantitative estimate of drug-likeness (QED) is 0.672. The smallest absolute Gasteiger partial charge is 0.244 e. The van der Waals surface area contributed by atoms with Gasteiger partial charge in [-0.2, -0.15) is 5.10 Å². The normalized spacial score (nSPS) is 18.2. The largest absolute Gasteiger partial charge is 0.380 e. The molecule has 2 atom stereocenters. The molecule has 3 aromatic rings. The van der Waals surface area contributed by atoms with Gasteiger partial charge in [-0.3, -0.25) is 9.89 Å². The number of rotatable bonds is 4. The molecular formula is C19H20FN5O. The number of anilines is 1. The summed E-state index contributed by atoms with van der Waals surface area (Å²) < 4.78 is 13.4. The van der Waals surface area contributed by atoms with Crippen molar-refractivity contribution in [1.82, 2.24) is 15.1 Å². The second-order valence-corrected chi connectivity index (χ2v) is 6.62. The summed E-state index contributed by atoms with van der Waals surface area (Å²) >= 11 is 0. The number of hydrogen-bond donors (Lipinski definition) is 3. The highest BCUT2D eigenvalue weighted by atomic mass is 19.1. The van der Waals surface area contributed by atoms with E-state index in [0.717, 1.165) is 23.0 Å². The Balaban J connectivity index is 1.40. The Labute approximate surface area is 150 Å². The van der Waals surface area contributed by atoms with Crippen LogP contribution in [0.4, 0.5) is 10.1 Å². The van der Waals surface area contributed by atoms with E-state index in [1.165, 1.54) is 12.1 Å². The van der Waals surface area contributed by atoms with Gasteiger partial charge in [-0.15, -0.1) is 0 Å². The number of aromatic amines is 1. The van der Waals surface area contributed by atoms with E-state index in [2.05, 4.69) is 15.5 Å². The Bertz CT molecular complexity index is 940. The van der Waals surface area contributed by atoms with E-state index in [-0.39, 0.29) is 17.8 Å². The zero-order valence-corrected chi connectivity index (χ0v) is 14.2. The zero-order valence-electron chi connectivity index (χ0n) is 14.2. The summed E-state index contributed by atoms with van der Waals surface area (Å²) in [6.07, 6.45) is 2.62. The fourth-order valence-corrected chi connectivity index (χ4v) is 3.39. The molecule has 0 saturated carbocycles. The number of aromatic nitrogens is 2. The number of H-pyrrole nitrogens is 1. The van der Waals surface area contributed by atoms with Crippen LogP contribution >= 0.6 is 0 Å². The molecule has 2 heterocycles. The van der Waals surface area contributed by atoms with E-state index in [9.17, 15) is 9.18 Å². The number of nitrogens with two attached hydrogens (primary N) is 1. The molecule has 7 heteroatoms. The van der Waals surface area contributed by atoms with Gasteiger partial charge in [-0.25, -0.2) is 4.39 Å². The van der Waals surface area contributed by atoms with Crippen molar-refractivity contribution < 1.29 is 9.18 Å². The molecule has 1 saturated heterocycles. The first-order chi connectivity index (χ1) is 12.6. The van der Waals surface area contributed by atoms with Gasteiger partial charge >= 0.3 is 0 Å². The molecule has 0 bridgehead atoms. The fourth-order valence-electron chi connectivity index (χ4n) is 3.39. The molecule has 134 valence electrons. The minimum Gasteiger partial charge on any atom is -0.380 e. The van der Waals surface area contributed by atoms with Gasteiger partial charge in [-0.1, -0.05) is 12.1 Å². The number of carbonyl (C=O) groups is 1. The number of hydrogen-bond acceptors (Lipinski definition) is 4. The molecule has 1 fully saturated rings. The monoisotopic (exact) mass is 353 g/mol. The molecular weight excluding hydrogens is 333 g/mol. The third kappa shape index (κ3) is 3.25. The molecule has 6 nitrogen and oxygen atoms in total. The van der Waals surface area contributed by atoms with E-state index in [1.54, 1.807) is 23.2 Å². The lowest BCUT2D eigenvalue weighted by Crippen LogP contribution is -2.38. The van der Waals surface area contributed by atoms with Crippen LogP contribution < -0.4 is 11.1 Å². The van der Waals surface area contributed by atoms with Crippen LogP contribution in [-0.4, -0.2) is 40.1 Å². The van der Waals surface area contributed by atoms with Gasteiger partial charge in [0.15, 0.2) is 0 Å². The van der Waals surface area contributed by atoms with Gasteiger partial charge in [-0.05, 0) is 42.3 Å². The highest BCUT2D eigenvalue weighted by Gasteiger charge is 2.30. The standard InChI is InChI=1S/C19H20FN5O/c20-14-3-1-2-12(8-14)18(21)19(26)25-7-6-16(11-25)23-15-4-5-17-13(9-15)10-22-24-17/h1-5,8-10,16,18,23H,6-7,11,21H2,(H,22,24). The minimum atomic E-state index is -0.841. The van der Waals surface area contributed by atoms with Crippen molar-refractivity contribution in [2.24, 2.45) is 5.73 Å². The fraction of sp³-hybridized carbons (Fsp3) is 0.263. The highest BCUT2D eigenvalue weighted by Crippen LogP contribution is 2.22. The molecule has 1 aliphatic rings. The summed E-state index contributed by atoms with van der Waals surface area (Å²) in [5.74, 6) is -0.563. The third-order valence-electron chi connectivity index (χ3n) is 4.78. The molecule has 1 aromatic heterocycles. The van der Waals surface area contributed by atoms with Crippen molar-refractivity contribution in [3.63, 3.8) is 0 Å². The number of halogens is 1. The first-order valence-electron chi connectivity index (χ1n) is 8.59. The number of nitrogens with zero attached hydrogens (tertiary/aromatic N) is 2. The SMILES string of the molecule is NC(C(=O)N1CCC(Nc2ccc3[nH]ncc3c2)C1)c1cccc(F)c1. The second-order valence-electron chi connectivity index (χ2n) is 6.62.